The minimum absolute atomic E-state index is 0.0104. The van der Waals surface area contributed by atoms with Gasteiger partial charge in [0.2, 0.25) is 0 Å². The maximum absolute atomic E-state index is 14.6. The molecule has 3 N–H and O–H groups in total. The lowest BCUT2D eigenvalue weighted by Gasteiger charge is -2.40. The van der Waals surface area contributed by atoms with Crippen molar-refractivity contribution >= 4 is 5.69 Å². The van der Waals surface area contributed by atoms with Gasteiger partial charge in [-0.3, -0.25) is 4.98 Å². The topological polar surface area (TPSA) is 84.5 Å². The van der Waals surface area contributed by atoms with E-state index in [1.54, 1.807) is 24.5 Å². The first kappa shape index (κ1) is 23.1. The van der Waals surface area contributed by atoms with Gasteiger partial charge in [0.05, 0.1) is 18.8 Å². The summed E-state index contributed by atoms with van der Waals surface area (Å²) in [6.45, 7) is 3.23. The van der Waals surface area contributed by atoms with E-state index in [1.165, 1.54) is 25.3 Å². The van der Waals surface area contributed by atoms with Gasteiger partial charge in [-0.1, -0.05) is 13.0 Å². The minimum Gasteiger partial charge on any atom is -0.496 e. The molecule has 1 aliphatic heterocycles. The average Bonchev–Trinajstić information content (AvgIpc) is 2.82. The molecule has 8 heteroatoms. The third-order valence-corrected chi connectivity index (χ3v) is 6.17. The van der Waals surface area contributed by atoms with Crippen molar-refractivity contribution in [2.24, 2.45) is 11.7 Å². The van der Waals surface area contributed by atoms with Gasteiger partial charge in [-0.05, 0) is 48.7 Å². The second-order valence-corrected chi connectivity index (χ2v) is 8.49. The first-order valence-corrected chi connectivity index (χ1v) is 11.0. The fourth-order valence-corrected chi connectivity index (χ4v) is 4.40. The Morgan fingerprint density at radius 2 is 1.94 bits per heavy atom. The van der Waals surface area contributed by atoms with Crippen molar-refractivity contribution in [2.45, 2.75) is 31.9 Å². The van der Waals surface area contributed by atoms with Crippen molar-refractivity contribution in [3.8, 4) is 17.0 Å². The van der Waals surface area contributed by atoms with E-state index < -0.39 is 17.7 Å². The quantitative estimate of drug-likeness (QED) is 0.594. The van der Waals surface area contributed by atoms with Crippen LogP contribution in [-0.4, -0.2) is 47.4 Å². The monoisotopic (exact) mass is 454 g/mol. The number of hydrogen-bond acceptors (Lipinski definition) is 6. The van der Waals surface area contributed by atoms with Crippen LogP contribution in [0.1, 0.15) is 18.2 Å². The van der Waals surface area contributed by atoms with E-state index in [1.807, 2.05) is 13.0 Å². The highest BCUT2D eigenvalue weighted by atomic mass is 19.1. The Labute approximate surface area is 192 Å². The number of aliphatic hydroxyl groups is 1. The summed E-state index contributed by atoms with van der Waals surface area (Å²) in [5, 5.41) is 10.2. The van der Waals surface area contributed by atoms with Gasteiger partial charge < -0.3 is 20.5 Å². The van der Waals surface area contributed by atoms with E-state index in [4.69, 9.17) is 10.5 Å². The number of halogens is 2. The lowest BCUT2D eigenvalue weighted by atomic mass is 9.92. The molecule has 0 aliphatic carbocycles. The Morgan fingerprint density at radius 1 is 1.12 bits per heavy atom. The number of aliphatic hydroxyl groups excluding tert-OH is 1. The van der Waals surface area contributed by atoms with Crippen LogP contribution < -0.4 is 15.4 Å². The molecule has 4 rings (SSSR count). The van der Waals surface area contributed by atoms with E-state index in [2.05, 4.69) is 14.9 Å². The zero-order valence-electron chi connectivity index (χ0n) is 18.7. The second-order valence-electron chi connectivity index (χ2n) is 8.49. The fraction of sp³-hybridized carbons (Fsp3) is 0.360. The van der Waals surface area contributed by atoms with E-state index in [9.17, 15) is 13.9 Å². The summed E-state index contributed by atoms with van der Waals surface area (Å²) in [5.74, 6) is -0.929. The first-order chi connectivity index (χ1) is 15.9. The number of anilines is 1. The molecule has 0 radical (unpaired) electrons. The minimum atomic E-state index is -0.612. The normalized spacial score (nSPS) is 20.7. The molecular weight excluding hydrogens is 426 g/mol. The Morgan fingerprint density at radius 3 is 2.70 bits per heavy atom. The van der Waals surface area contributed by atoms with Crippen molar-refractivity contribution in [1.82, 2.24) is 9.97 Å². The number of hydrogen-bond donors (Lipinski definition) is 2. The molecule has 1 fully saturated rings. The highest BCUT2D eigenvalue weighted by Crippen LogP contribution is 2.33. The standard InChI is InChI=1S/C25H28F2N4O2/c1-15-13-31(14-20(28)25(15)32)21-10-11-29-12-16(21)6-7-17-8-9-19(27)24(30-17)23-18(26)4-3-5-22(23)33-2/h3-5,8-12,15,20,25,32H,6-7,13-14,28H2,1-2H3/t15-,20+,25+/m0/s1. The summed E-state index contributed by atoms with van der Waals surface area (Å²) in [5.41, 5.74) is 8.73. The van der Waals surface area contributed by atoms with Crippen molar-refractivity contribution in [1.29, 1.82) is 0 Å². The van der Waals surface area contributed by atoms with E-state index in [0.717, 1.165) is 11.3 Å². The summed E-state index contributed by atoms with van der Waals surface area (Å²) in [6, 6.07) is 8.88. The van der Waals surface area contributed by atoms with E-state index in [0.29, 0.717) is 31.6 Å². The highest BCUT2D eigenvalue weighted by molar-refractivity contribution is 5.68. The largest absolute Gasteiger partial charge is 0.496 e. The molecular formula is C25H28F2N4O2. The molecule has 6 nitrogen and oxygen atoms in total. The smallest absolute Gasteiger partial charge is 0.149 e. The number of benzene rings is 1. The molecule has 3 atom stereocenters. The predicted molar refractivity (Wildman–Crippen MR) is 123 cm³/mol. The fourth-order valence-electron chi connectivity index (χ4n) is 4.40. The molecule has 0 bridgehead atoms. The Kier molecular flexibility index (Phi) is 6.85. The van der Waals surface area contributed by atoms with Crippen LogP contribution in [0.4, 0.5) is 14.5 Å². The number of aromatic nitrogens is 2. The number of pyridine rings is 2. The van der Waals surface area contributed by atoms with E-state index >= 15 is 0 Å². The summed E-state index contributed by atoms with van der Waals surface area (Å²) in [4.78, 5) is 10.9. The molecule has 3 aromatic rings. The lowest BCUT2D eigenvalue weighted by molar-refractivity contribution is 0.0784. The average molecular weight is 455 g/mol. The van der Waals surface area contributed by atoms with Gasteiger partial charge >= 0.3 is 0 Å². The van der Waals surface area contributed by atoms with Crippen LogP contribution in [0, 0.1) is 17.6 Å². The summed E-state index contributed by atoms with van der Waals surface area (Å²) in [6.07, 6.45) is 4.14. The van der Waals surface area contributed by atoms with Gasteiger partial charge in [0.15, 0.2) is 0 Å². The van der Waals surface area contributed by atoms with Crippen LogP contribution >= 0.6 is 0 Å². The number of nitrogens with zero attached hydrogens (tertiary/aromatic N) is 3. The van der Waals surface area contributed by atoms with Crippen molar-refractivity contribution in [3.05, 3.63) is 71.7 Å². The second kappa shape index (κ2) is 9.80. The zero-order valence-corrected chi connectivity index (χ0v) is 18.7. The Bertz CT molecular complexity index is 1120. The van der Waals surface area contributed by atoms with Crippen LogP contribution in [-0.2, 0) is 12.8 Å². The summed E-state index contributed by atoms with van der Waals surface area (Å²) < 4.78 is 34.3. The van der Waals surface area contributed by atoms with Gasteiger partial charge in [-0.2, -0.15) is 0 Å². The number of piperidine rings is 1. The van der Waals surface area contributed by atoms with Gasteiger partial charge in [-0.15, -0.1) is 0 Å². The maximum Gasteiger partial charge on any atom is 0.149 e. The maximum atomic E-state index is 14.6. The summed E-state index contributed by atoms with van der Waals surface area (Å²) >= 11 is 0. The van der Waals surface area contributed by atoms with Crippen LogP contribution in [0.15, 0.2) is 48.8 Å². The van der Waals surface area contributed by atoms with Gasteiger partial charge in [-0.25, -0.2) is 13.8 Å². The number of nitrogens with two attached hydrogens (primary N) is 1. The predicted octanol–water partition coefficient (Wildman–Crippen LogP) is 3.36. The van der Waals surface area contributed by atoms with Crippen LogP contribution in [0.3, 0.4) is 0 Å². The first-order valence-electron chi connectivity index (χ1n) is 11.0. The zero-order chi connectivity index (χ0) is 23.5. The molecule has 0 amide bonds. The van der Waals surface area contributed by atoms with Gasteiger partial charge in [0, 0.05) is 48.8 Å². The van der Waals surface area contributed by atoms with E-state index in [-0.39, 0.29) is 29.0 Å². The van der Waals surface area contributed by atoms with Crippen molar-refractivity contribution < 1.29 is 18.6 Å². The number of methoxy groups -OCH3 is 1. The van der Waals surface area contributed by atoms with Crippen molar-refractivity contribution in [3.63, 3.8) is 0 Å². The molecule has 1 aliphatic rings. The Hall–Kier alpha value is -3.10. The van der Waals surface area contributed by atoms with Crippen molar-refractivity contribution in [2.75, 3.05) is 25.1 Å². The molecule has 1 aromatic carbocycles. The molecule has 3 heterocycles. The lowest BCUT2D eigenvalue weighted by Crippen LogP contribution is -2.55. The molecule has 0 unspecified atom stereocenters. The van der Waals surface area contributed by atoms with Crippen LogP contribution in [0.25, 0.3) is 11.3 Å². The van der Waals surface area contributed by atoms with Gasteiger partial charge in [0.1, 0.15) is 23.1 Å². The Balaban J connectivity index is 1.58. The molecule has 2 aromatic heterocycles. The molecule has 33 heavy (non-hydrogen) atoms. The highest BCUT2D eigenvalue weighted by Gasteiger charge is 2.31. The molecule has 174 valence electrons. The number of aryl methyl sites for hydroxylation is 2. The van der Waals surface area contributed by atoms with Crippen LogP contribution in [0.5, 0.6) is 5.75 Å². The van der Waals surface area contributed by atoms with Crippen LogP contribution in [0.2, 0.25) is 0 Å². The molecule has 1 saturated heterocycles. The summed E-state index contributed by atoms with van der Waals surface area (Å²) in [7, 11) is 1.41. The number of ether oxygens (including phenoxy) is 1. The number of rotatable bonds is 6. The molecule has 0 saturated carbocycles. The third kappa shape index (κ3) is 4.82. The van der Waals surface area contributed by atoms with Gasteiger partial charge in [0.25, 0.3) is 0 Å². The molecule has 0 spiro atoms. The SMILES string of the molecule is COc1cccc(F)c1-c1nc(CCc2cnccc2N2C[C@@H](N)[C@H](O)[C@@H](C)C2)ccc1F. The third-order valence-electron chi connectivity index (χ3n) is 6.17.